The van der Waals surface area contributed by atoms with E-state index in [-0.39, 0.29) is 5.91 Å². The summed E-state index contributed by atoms with van der Waals surface area (Å²) < 4.78 is 5.26. The van der Waals surface area contributed by atoms with Gasteiger partial charge in [-0.2, -0.15) is 0 Å². The van der Waals surface area contributed by atoms with Crippen molar-refractivity contribution in [2.24, 2.45) is 0 Å². The summed E-state index contributed by atoms with van der Waals surface area (Å²) >= 11 is 5.70. The van der Waals surface area contributed by atoms with Gasteiger partial charge in [-0.25, -0.2) is 0 Å². The number of furan rings is 1. The average Bonchev–Trinajstić information content (AvgIpc) is 2.84. The Kier molecular flexibility index (Phi) is 5.07. The summed E-state index contributed by atoms with van der Waals surface area (Å²) in [6, 6.07) is 11.3. The van der Waals surface area contributed by atoms with Crippen molar-refractivity contribution in [3.8, 4) is 0 Å². The first-order chi connectivity index (χ1) is 9.67. The number of nitrogens with one attached hydrogen (secondary N) is 2. The molecule has 20 heavy (non-hydrogen) atoms. The Morgan fingerprint density at radius 1 is 1.20 bits per heavy atom. The number of halogens is 1. The number of benzene rings is 1. The maximum atomic E-state index is 11.5. The molecule has 0 aliphatic heterocycles. The molecule has 1 heterocycles. The first-order valence-electron chi connectivity index (χ1n) is 6.51. The Bertz CT molecular complexity index is 564. The molecule has 1 aromatic carbocycles. The van der Waals surface area contributed by atoms with Gasteiger partial charge < -0.3 is 15.1 Å². The van der Waals surface area contributed by atoms with Crippen LogP contribution >= 0.6 is 11.6 Å². The molecule has 106 valence electrons. The second-order valence-electron chi connectivity index (χ2n) is 4.39. The predicted octanol–water partition coefficient (Wildman–Crippen LogP) is 3.22. The summed E-state index contributed by atoms with van der Waals surface area (Å²) in [7, 11) is 0. The van der Waals surface area contributed by atoms with Crippen LogP contribution in [0.3, 0.4) is 0 Å². The first kappa shape index (κ1) is 14.5. The molecule has 0 atom stereocenters. The third-order valence-electron chi connectivity index (χ3n) is 2.79. The van der Waals surface area contributed by atoms with Crippen LogP contribution < -0.4 is 10.6 Å². The van der Waals surface area contributed by atoms with E-state index >= 15 is 0 Å². The number of anilines is 1. The normalized spacial score (nSPS) is 10.3. The van der Waals surface area contributed by atoms with Crippen LogP contribution in [0.2, 0.25) is 5.22 Å². The number of likely N-dealkylation sites (N-methyl/N-ethyl adjacent to an activating group) is 1. The van der Waals surface area contributed by atoms with E-state index in [9.17, 15) is 4.79 Å². The quantitative estimate of drug-likeness (QED) is 0.859. The summed E-state index contributed by atoms with van der Waals surface area (Å²) in [4.78, 5) is 11.5. The molecule has 0 unspecified atom stereocenters. The number of hydrogen-bond acceptors (Lipinski definition) is 3. The van der Waals surface area contributed by atoms with Gasteiger partial charge in [-0.05, 0) is 48.4 Å². The molecular weight excluding hydrogens is 276 g/mol. The molecule has 0 radical (unpaired) electrons. The number of carbonyl (C=O) groups excluding carboxylic acids is 1. The van der Waals surface area contributed by atoms with Crippen LogP contribution in [0.25, 0.3) is 0 Å². The molecule has 1 aromatic heterocycles. The molecule has 0 bridgehead atoms. The topological polar surface area (TPSA) is 54.3 Å². The minimum atomic E-state index is 0.0402. The summed E-state index contributed by atoms with van der Waals surface area (Å²) in [6.45, 7) is 3.14. The zero-order chi connectivity index (χ0) is 14.4. The van der Waals surface area contributed by atoms with Crippen molar-refractivity contribution in [3.05, 3.63) is 52.9 Å². The second kappa shape index (κ2) is 7.01. The van der Waals surface area contributed by atoms with E-state index in [2.05, 4.69) is 10.6 Å². The lowest BCUT2D eigenvalue weighted by Gasteiger charge is -2.06. The zero-order valence-electron chi connectivity index (χ0n) is 11.3. The van der Waals surface area contributed by atoms with E-state index in [4.69, 9.17) is 16.0 Å². The van der Waals surface area contributed by atoms with Crippen molar-refractivity contribution < 1.29 is 9.21 Å². The molecule has 0 aliphatic rings. The van der Waals surface area contributed by atoms with E-state index in [0.29, 0.717) is 24.7 Å². The Hall–Kier alpha value is -1.94. The molecule has 1 amide bonds. The molecule has 2 N–H and O–H groups in total. The number of amides is 1. The minimum absolute atomic E-state index is 0.0402. The monoisotopic (exact) mass is 292 g/mol. The predicted molar refractivity (Wildman–Crippen MR) is 79.9 cm³/mol. The number of carbonyl (C=O) groups is 1. The zero-order valence-corrected chi connectivity index (χ0v) is 12.0. The molecular formula is C15H17ClN2O2. The van der Waals surface area contributed by atoms with Gasteiger partial charge >= 0.3 is 0 Å². The second-order valence-corrected chi connectivity index (χ2v) is 4.76. The molecule has 5 heteroatoms. The van der Waals surface area contributed by atoms with Crippen LogP contribution in [0.5, 0.6) is 0 Å². The van der Waals surface area contributed by atoms with Gasteiger partial charge in [0.15, 0.2) is 5.22 Å². The minimum Gasteiger partial charge on any atom is -0.448 e. The van der Waals surface area contributed by atoms with E-state index in [1.165, 1.54) is 0 Å². The molecule has 2 rings (SSSR count). The van der Waals surface area contributed by atoms with Crippen molar-refractivity contribution in [1.29, 1.82) is 0 Å². The van der Waals surface area contributed by atoms with Gasteiger partial charge in [-0.1, -0.05) is 12.1 Å². The van der Waals surface area contributed by atoms with Gasteiger partial charge in [0.25, 0.3) is 0 Å². The summed E-state index contributed by atoms with van der Waals surface area (Å²) in [5.41, 5.74) is 1.96. The smallest absolute Gasteiger partial charge is 0.224 e. The van der Waals surface area contributed by atoms with E-state index in [0.717, 1.165) is 17.0 Å². The fraction of sp³-hybridized carbons (Fsp3) is 0.267. The molecule has 2 aromatic rings. The van der Waals surface area contributed by atoms with Crippen molar-refractivity contribution in [2.75, 3.05) is 11.9 Å². The van der Waals surface area contributed by atoms with Crippen LogP contribution in [0.4, 0.5) is 5.69 Å². The lowest BCUT2D eigenvalue weighted by molar-refractivity contribution is -0.120. The van der Waals surface area contributed by atoms with E-state index in [1.807, 2.05) is 37.3 Å². The standard InChI is InChI=1S/C15H17ClN2O2/c1-2-17-15(19)9-11-3-5-12(6-4-11)18-10-13-7-8-14(16)20-13/h3-8,18H,2,9-10H2,1H3,(H,17,19). The van der Waals surface area contributed by atoms with Crippen molar-refractivity contribution in [1.82, 2.24) is 5.32 Å². The highest BCUT2D eigenvalue weighted by molar-refractivity contribution is 6.28. The maximum absolute atomic E-state index is 11.5. The van der Waals surface area contributed by atoms with Gasteiger partial charge in [0.1, 0.15) is 5.76 Å². The van der Waals surface area contributed by atoms with Crippen molar-refractivity contribution in [3.63, 3.8) is 0 Å². The number of hydrogen-bond donors (Lipinski definition) is 2. The average molecular weight is 293 g/mol. The highest BCUT2D eigenvalue weighted by Gasteiger charge is 2.03. The Morgan fingerprint density at radius 2 is 1.95 bits per heavy atom. The van der Waals surface area contributed by atoms with Crippen molar-refractivity contribution >= 4 is 23.2 Å². The van der Waals surface area contributed by atoms with Gasteiger partial charge in [-0.15, -0.1) is 0 Å². The van der Waals surface area contributed by atoms with Crippen LogP contribution in [0.15, 0.2) is 40.8 Å². The lowest BCUT2D eigenvalue weighted by Crippen LogP contribution is -2.24. The highest BCUT2D eigenvalue weighted by atomic mass is 35.5. The molecule has 0 saturated heterocycles. The SMILES string of the molecule is CCNC(=O)Cc1ccc(NCc2ccc(Cl)o2)cc1. The number of rotatable bonds is 6. The van der Waals surface area contributed by atoms with Gasteiger partial charge in [0.05, 0.1) is 13.0 Å². The molecule has 0 spiro atoms. The third kappa shape index (κ3) is 4.31. The Morgan fingerprint density at radius 3 is 2.55 bits per heavy atom. The largest absolute Gasteiger partial charge is 0.448 e. The lowest BCUT2D eigenvalue weighted by atomic mass is 10.1. The van der Waals surface area contributed by atoms with Crippen LogP contribution in [-0.2, 0) is 17.8 Å². The molecule has 4 nitrogen and oxygen atoms in total. The summed E-state index contributed by atoms with van der Waals surface area (Å²) in [6.07, 6.45) is 0.405. The fourth-order valence-corrected chi connectivity index (χ4v) is 1.98. The molecule has 0 saturated carbocycles. The van der Waals surface area contributed by atoms with Gasteiger partial charge in [0.2, 0.25) is 5.91 Å². The summed E-state index contributed by atoms with van der Waals surface area (Å²) in [5, 5.41) is 6.39. The van der Waals surface area contributed by atoms with E-state index in [1.54, 1.807) is 6.07 Å². The van der Waals surface area contributed by atoms with Crippen LogP contribution in [-0.4, -0.2) is 12.5 Å². The molecule has 0 fully saturated rings. The molecule has 0 aliphatic carbocycles. The summed E-state index contributed by atoms with van der Waals surface area (Å²) in [5.74, 6) is 0.819. The van der Waals surface area contributed by atoms with E-state index < -0.39 is 0 Å². The fourth-order valence-electron chi connectivity index (χ4n) is 1.82. The van der Waals surface area contributed by atoms with Crippen LogP contribution in [0.1, 0.15) is 18.2 Å². The Balaban J connectivity index is 1.86. The van der Waals surface area contributed by atoms with Gasteiger partial charge in [-0.3, -0.25) is 4.79 Å². The van der Waals surface area contributed by atoms with Gasteiger partial charge in [0, 0.05) is 12.2 Å². The highest BCUT2D eigenvalue weighted by Crippen LogP contribution is 2.15. The maximum Gasteiger partial charge on any atom is 0.224 e. The van der Waals surface area contributed by atoms with Crippen molar-refractivity contribution in [2.45, 2.75) is 19.9 Å². The first-order valence-corrected chi connectivity index (χ1v) is 6.89. The Labute approximate surface area is 123 Å². The third-order valence-corrected chi connectivity index (χ3v) is 2.99. The van der Waals surface area contributed by atoms with Crippen LogP contribution in [0, 0.1) is 0 Å².